The van der Waals surface area contributed by atoms with Gasteiger partial charge in [0, 0.05) is 12.8 Å². The summed E-state index contributed by atoms with van der Waals surface area (Å²) in [6, 6.07) is 8.41. The molecule has 1 aromatic rings. The molecule has 1 aliphatic rings. The molecule has 0 spiro atoms. The molecule has 1 aromatic carbocycles. The van der Waals surface area contributed by atoms with Crippen LogP contribution in [0, 0.1) is 5.92 Å². The van der Waals surface area contributed by atoms with Crippen LogP contribution in [0.5, 0.6) is 0 Å². The molecule has 2 rings (SSSR count). The second-order valence-electron chi connectivity index (χ2n) is 7.69. The largest absolute Gasteiger partial charge is 0.291 e. The fourth-order valence-corrected chi connectivity index (χ4v) is 4.03. The van der Waals surface area contributed by atoms with Crippen LogP contribution in [0.4, 0.5) is 0 Å². The molecular formula is C23H34O2. The van der Waals surface area contributed by atoms with Crippen LogP contribution in [0.15, 0.2) is 24.3 Å². The number of hydrogen-bond donors (Lipinski definition) is 0. The number of unbranched alkanes of at least 4 members (excludes halogenated alkanes) is 3. The summed E-state index contributed by atoms with van der Waals surface area (Å²) >= 11 is 0. The minimum Gasteiger partial charge on any atom is -0.291 e. The Kier molecular flexibility index (Phi) is 8.37. The van der Waals surface area contributed by atoms with E-state index in [0.717, 1.165) is 11.5 Å². The molecule has 0 heterocycles. The van der Waals surface area contributed by atoms with Crippen LogP contribution in [-0.2, 0) is 16.0 Å². The van der Waals surface area contributed by atoms with Gasteiger partial charge in [-0.05, 0) is 48.6 Å². The van der Waals surface area contributed by atoms with Crippen molar-refractivity contribution in [3.05, 3.63) is 35.4 Å². The van der Waals surface area contributed by atoms with Crippen molar-refractivity contribution in [1.29, 1.82) is 0 Å². The average Bonchev–Trinajstić information content (AvgIpc) is 2.65. The highest BCUT2D eigenvalue weighted by Gasteiger charge is 2.22. The number of rotatable bonds is 10. The zero-order valence-electron chi connectivity index (χ0n) is 16.1. The number of hydrogen-bond acceptors (Lipinski definition) is 2. The van der Waals surface area contributed by atoms with Crippen LogP contribution in [0.2, 0.25) is 0 Å². The van der Waals surface area contributed by atoms with E-state index in [1.807, 2.05) is 12.1 Å². The van der Waals surface area contributed by atoms with Gasteiger partial charge in [0.15, 0.2) is 5.78 Å². The minimum atomic E-state index is -0.265. The lowest BCUT2D eigenvalue weighted by Crippen LogP contribution is -2.15. The molecule has 1 fully saturated rings. The number of carbonyl (C=O) groups is 2. The Morgan fingerprint density at radius 2 is 1.56 bits per heavy atom. The SMILES string of the molecule is CCCCCCC1CCC(c2ccc(CC(=O)C(=O)CC)cc2)CC1. The smallest absolute Gasteiger partial charge is 0.202 e. The van der Waals surface area contributed by atoms with Crippen molar-refractivity contribution < 1.29 is 9.59 Å². The molecular weight excluding hydrogens is 308 g/mol. The Morgan fingerprint density at radius 3 is 2.16 bits per heavy atom. The molecule has 0 atom stereocenters. The Bertz CT molecular complexity index is 536. The number of ketones is 2. The topological polar surface area (TPSA) is 34.1 Å². The standard InChI is InChI=1S/C23H34O2/c1-3-5-6-7-8-18-9-13-20(14-10-18)21-15-11-19(12-16-21)17-23(25)22(24)4-2/h11-12,15-16,18,20H,3-10,13-14,17H2,1-2H3. The van der Waals surface area contributed by atoms with Crippen molar-refractivity contribution in [2.45, 2.75) is 90.4 Å². The zero-order chi connectivity index (χ0) is 18.1. The highest BCUT2D eigenvalue weighted by molar-refractivity contribution is 6.37. The van der Waals surface area contributed by atoms with E-state index >= 15 is 0 Å². The van der Waals surface area contributed by atoms with Crippen LogP contribution >= 0.6 is 0 Å². The number of Topliss-reactive ketones (excluding diaryl/α,β-unsaturated/α-hetero) is 2. The van der Waals surface area contributed by atoms with E-state index in [9.17, 15) is 9.59 Å². The summed E-state index contributed by atoms with van der Waals surface area (Å²) < 4.78 is 0. The minimum absolute atomic E-state index is 0.247. The van der Waals surface area contributed by atoms with Gasteiger partial charge >= 0.3 is 0 Å². The third-order valence-corrected chi connectivity index (χ3v) is 5.76. The molecule has 1 saturated carbocycles. The lowest BCUT2D eigenvalue weighted by Gasteiger charge is -2.29. The lowest BCUT2D eigenvalue weighted by molar-refractivity contribution is -0.136. The Balaban J connectivity index is 1.77. The molecule has 0 N–H and O–H groups in total. The summed E-state index contributed by atoms with van der Waals surface area (Å²) in [7, 11) is 0. The highest BCUT2D eigenvalue weighted by Crippen LogP contribution is 2.37. The van der Waals surface area contributed by atoms with Gasteiger partial charge < -0.3 is 0 Å². The number of benzene rings is 1. The molecule has 0 radical (unpaired) electrons. The van der Waals surface area contributed by atoms with Crippen molar-refractivity contribution >= 4 is 11.6 Å². The fourth-order valence-electron chi connectivity index (χ4n) is 4.03. The molecule has 138 valence electrons. The highest BCUT2D eigenvalue weighted by atomic mass is 16.2. The van der Waals surface area contributed by atoms with Gasteiger partial charge in [-0.25, -0.2) is 0 Å². The van der Waals surface area contributed by atoms with E-state index in [1.165, 1.54) is 63.4 Å². The van der Waals surface area contributed by atoms with Gasteiger partial charge in [0.1, 0.15) is 0 Å². The Hall–Kier alpha value is -1.44. The third kappa shape index (κ3) is 6.41. The predicted octanol–water partition coefficient (Wildman–Crippen LogP) is 6.02. The average molecular weight is 343 g/mol. The van der Waals surface area contributed by atoms with Crippen molar-refractivity contribution in [3.8, 4) is 0 Å². The van der Waals surface area contributed by atoms with Crippen LogP contribution in [0.1, 0.15) is 95.1 Å². The Morgan fingerprint density at radius 1 is 0.880 bits per heavy atom. The van der Waals surface area contributed by atoms with Crippen molar-refractivity contribution in [3.63, 3.8) is 0 Å². The first-order valence-electron chi connectivity index (χ1n) is 10.3. The second-order valence-corrected chi connectivity index (χ2v) is 7.69. The van der Waals surface area contributed by atoms with Gasteiger partial charge in [0.25, 0.3) is 0 Å². The monoisotopic (exact) mass is 342 g/mol. The normalized spacial score (nSPS) is 20.4. The van der Waals surface area contributed by atoms with Crippen molar-refractivity contribution in [2.75, 3.05) is 0 Å². The maximum Gasteiger partial charge on any atom is 0.202 e. The van der Waals surface area contributed by atoms with Gasteiger partial charge in [-0.1, -0.05) is 70.2 Å². The molecule has 0 aliphatic heterocycles. The summed E-state index contributed by atoms with van der Waals surface area (Å²) in [4.78, 5) is 23.2. The van der Waals surface area contributed by atoms with Crippen LogP contribution in [0.3, 0.4) is 0 Å². The van der Waals surface area contributed by atoms with Gasteiger partial charge in [0.05, 0.1) is 0 Å². The molecule has 0 unspecified atom stereocenters. The number of carbonyl (C=O) groups excluding carboxylic acids is 2. The summed E-state index contributed by atoms with van der Waals surface area (Å²) in [5.74, 6) is 1.08. The van der Waals surface area contributed by atoms with Gasteiger partial charge in [-0.15, -0.1) is 0 Å². The molecule has 0 amide bonds. The van der Waals surface area contributed by atoms with Crippen molar-refractivity contribution in [1.82, 2.24) is 0 Å². The molecule has 1 aliphatic carbocycles. The fraction of sp³-hybridized carbons (Fsp3) is 0.652. The zero-order valence-corrected chi connectivity index (χ0v) is 16.1. The van der Waals surface area contributed by atoms with E-state index in [-0.39, 0.29) is 18.0 Å². The first-order valence-corrected chi connectivity index (χ1v) is 10.3. The second kappa shape index (κ2) is 10.5. The molecule has 0 aromatic heterocycles. The van der Waals surface area contributed by atoms with Crippen LogP contribution in [0.25, 0.3) is 0 Å². The van der Waals surface area contributed by atoms with E-state index in [1.54, 1.807) is 6.92 Å². The summed E-state index contributed by atoms with van der Waals surface area (Å²) in [6.45, 7) is 4.01. The maximum absolute atomic E-state index is 11.7. The van der Waals surface area contributed by atoms with Crippen LogP contribution in [-0.4, -0.2) is 11.6 Å². The van der Waals surface area contributed by atoms with Gasteiger partial charge in [0.2, 0.25) is 5.78 Å². The molecule has 0 bridgehead atoms. The lowest BCUT2D eigenvalue weighted by atomic mass is 9.77. The first kappa shape index (κ1) is 19.9. The summed E-state index contributed by atoms with van der Waals surface area (Å²) in [6.07, 6.45) is 12.8. The predicted molar refractivity (Wildman–Crippen MR) is 104 cm³/mol. The van der Waals surface area contributed by atoms with Gasteiger partial charge in [-0.2, -0.15) is 0 Å². The molecule has 0 saturated heterocycles. The van der Waals surface area contributed by atoms with E-state index in [2.05, 4.69) is 19.1 Å². The van der Waals surface area contributed by atoms with Crippen molar-refractivity contribution in [2.24, 2.45) is 5.92 Å². The third-order valence-electron chi connectivity index (χ3n) is 5.76. The molecule has 25 heavy (non-hydrogen) atoms. The van der Waals surface area contributed by atoms with Crippen LogP contribution < -0.4 is 0 Å². The van der Waals surface area contributed by atoms with E-state index in [4.69, 9.17) is 0 Å². The first-order chi connectivity index (χ1) is 12.1. The Labute approximate surface area is 153 Å². The van der Waals surface area contributed by atoms with E-state index in [0.29, 0.717) is 12.3 Å². The summed E-state index contributed by atoms with van der Waals surface area (Å²) in [5.41, 5.74) is 2.36. The quantitative estimate of drug-likeness (QED) is 0.385. The summed E-state index contributed by atoms with van der Waals surface area (Å²) in [5, 5.41) is 0. The molecule has 2 nitrogen and oxygen atoms in total. The molecule has 2 heteroatoms. The van der Waals surface area contributed by atoms with Gasteiger partial charge in [-0.3, -0.25) is 9.59 Å². The van der Waals surface area contributed by atoms with E-state index < -0.39 is 0 Å². The maximum atomic E-state index is 11.7.